The normalized spacial score (nSPS) is 12.4. The second-order valence-corrected chi connectivity index (χ2v) is 9.37. The van der Waals surface area contributed by atoms with Crippen molar-refractivity contribution in [2.75, 3.05) is 13.7 Å². The first-order valence-corrected chi connectivity index (χ1v) is 12.9. The maximum atomic E-state index is 13.0. The minimum absolute atomic E-state index is 0.0112. The van der Waals surface area contributed by atoms with E-state index in [9.17, 15) is 23.1 Å². The number of carbonyl (C=O) groups excluding carboxylic acids is 1. The number of hydrogen-bond donors (Lipinski definition) is 3. The predicted octanol–water partition coefficient (Wildman–Crippen LogP) is 5.70. The Bertz CT molecular complexity index is 1690. The average molecular weight is 579 g/mol. The fraction of sp³-hybridized carbons (Fsp3) is 0.233. The van der Waals surface area contributed by atoms with Gasteiger partial charge >= 0.3 is 6.18 Å². The van der Waals surface area contributed by atoms with Gasteiger partial charge in [0.1, 0.15) is 23.1 Å². The highest BCUT2D eigenvalue weighted by molar-refractivity contribution is 5.97. The molecule has 42 heavy (non-hydrogen) atoms. The minimum atomic E-state index is -4.58. The summed E-state index contributed by atoms with van der Waals surface area (Å²) in [6.45, 7) is 7.30. The highest BCUT2D eigenvalue weighted by Gasteiger charge is 2.33. The van der Waals surface area contributed by atoms with Crippen LogP contribution in [0.4, 0.5) is 13.2 Å². The monoisotopic (exact) mass is 578 g/mol. The van der Waals surface area contributed by atoms with E-state index in [1.165, 1.54) is 20.1 Å². The maximum Gasteiger partial charge on any atom is 0.433 e. The van der Waals surface area contributed by atoms with E-state index in [0.29, 0.717) is 45.9 Å². The molecule has 9 nitrogen and oxygen atoms in total. The number of hydrogen-bond acceptors (Lipinski definition) is 7. The number of nitrogens with zero attached hydrogens (tertiary/aromatic N) is 4. The molecular weight excluding hydrogens is 549 g/mol. The summed E-state index contributed by atoms with van der Waals surface area (Å²) < 4.78 is 44.4. The topological polar surface area (TPSA) is 126 Å². The molecule has 3 N–H and O–H groups in total. The van der Waals surface area contributed by atoms with Gasteiger partial charge < -0.3 is 20.1 Å². The number of aliphatic hydroxyl groups excluding tert-OH is 1. The molecule has 3 aromatic heterocycles. The number of benzene rings is 1. The van der Waals surface area contributed by atoms with Crippen LogP contribution in [0.5, 0.6) is 5.88 Å². The second kappa shape index (κ2) is 12.7. The van der Waals surface area contributed by atoms with E-state index in [1.807, 2.05) is 6.07 Å². The van der Waals surface area contributed by atoms with Gasteiger partial charge in [-0.05, 0) is 61.9 Å². The van der Waals surface area contributed by atoms with Gasteiger partial charge in [0.2, 0.25) is 5.88 Å². The number of amides is 1. The van der Waals surface area contributed by atoms with Crippen LogP contribution in [0.3, 0.4) is 0 Å². The van der Waals surface area contributed by atoms with Crippen molar-refractivity contribution < 1.29 is 27.8 Å². The predicted molar refractivity (Wildman–Crippen MR) is 152 cm³/mol. The van der Waals surface area contributed by atoms with Gasteiger partial charge in [0.15, 0.2) is 0 Å². The second-order valence-electron chi connectivity index (χ2n) is 9.37. The highest BCUT2D eigenvalue weighted by Crippen LogP contribution is 2.28. The molecule has 0 aliphatic carbocycles. The summed E-state index contributed by atoms with van der Waals surface area (Å²) in [6.07, 6.45) is 0.747. The molecule has 1 aromatic carbocycles. The number of alkyl halides is 3. The molecule has 0 spiro atoms. The Morgan fingerprint density at radius 2 is 1.98 bits per heavy atom. The first-order chi connectivity index (χ1) is 20.0. The zero-order valence-corrected chi connectivity index (χ0v) is 23.2. The van der Waals surface area contributed by atoms with E-state index in [2.05, 4.69) is 36.8 Å². The summed E-state index contributed by atoms with van der Waals surface area (Å²) in [5, 5.41) is 13.3. The number of rotatable bonds is 10. The zero-order chi connectivity index (χ0) is 30.4. The molecule has 0 unspecified atom stereocenters. The molecule has 0 radical (unpaired) electrons. The average Bonchev–Trinajstić information content (AvgIpc) is 3.38. The zero-order valence-electron chi connectivity index (χ0n) is 23.2. The molecule has 0 aliphatic rings. The number of methoxy groups -OCH3 is 1. The quantitative estimate of drug-likeness (QED) is 0.163. The Balaban J connectivity index is 1.50. The molecule has 4 rings (SSSR count). The number of halogens is 3. The SMILES string of the molecule is C=C(/C=C(\C(O)=C/C)c1nc2ccc(C(=O)NCCc3nc(C)cc(C(F)(F)F)n3)cc2[nH]1)Cc1cccnc1OC. The number of pyridine rings is 1. The van der Waals surface area contributed by atoms with Crippen molar-refractivity contribution >= 4 is 22.5 Å². The molecule has 0 bridgehead atoms. The van der Waals surface area contributed by atoms with Crippen LogP contribution in [0.15, 0.2) is 72.7 Å². The lowest BCUT2D eigenvalue weighted by molar-refractivity contribution is -0.141. The third kappa shape index (κ3) is 7.19. The Kier molecular flexibility index (Phi) is 9.04. The number of nitrogens with one attached hydrogen (secondary N) is 2. The van der Waals surface area contributed by atoms with Crippen molar-refractivity contribution in [2.24, 2.45) is 0 Å². The molecule has 0 saturated heterocycles. The van der Waals surface area contributed by atoms with Crippen molar-refractivity contribution in [1.29, 1.82) is 0 Å². The number of allylic oxidation sites excluding steroid dienone is 4. The number of aryl methyl sites for hydroxylation is 1. The summed E-state index contributed by atoms with van der Waals surface area (Å²) in [7, 11) is 1.54. The third-order valence-electron chi connectivity index (χ3n) is 6.18. The first-order valence-electron chi connectivity index (χ1n) is 12.9. The molecule has 1 amide bonds. The van der Waals surface area contributed by atoms with Gasteiger partial charge in [0.25, 0.3) is 5.91 Å². The standard InChI is InChI=1S/C30H29F3N6O3/c1-5-24(40)21(14-17(2)13-20-7-6-11-35-29(20)42-4)27-37-22-9-8-19(16-23(22)38-27)28(41)34-12-10-26-36-18(3)15-25(39-26)30(31,32)33/h5-9,11,14-16,40H,2,10,12-13H2,1,3-4H3,(H,34,41)(H,37,38)/b21-14+,24-5+. The van der Waals surface area contributed by atoms with E-state index >= 15 is 0 Å². The number of fused-ring (bicyclic) bond motifs is 1. The Labute approximate surface area is 239 Å². The number of H-pyrrole nitrogens is 1. The fourth-order valence-electron chi connectivity index (χ4n) is 4.22. The summed E-state index contributed by atoms with van der Waals surface area (Å²) in [5.74, 6) is 0.398. The van der Waals surface area contributed by atoms with Gasteiger partial charge in [0.05, 0.1) is 23.7 Å². The first kappa shape index (κ1) is 30.0. The van der Waals surface area contributed by atoms with Crippen molar-refractivity contribution in [2.45, 2.75) is 32.9 Å². The lowest BCUT2D eigenvalue weighted by Crippen LogP contribution is -2.26. The van der Waals surface area contributed by atoms with E-state index in [4.69, 9.17) is 4.74 Å². The van der Waals surface area contributed by atoms with Crippen molar-refractivity contribution in [1.82, 2.24) is 30.2 Å². The highest BCUT2D eigenvalue weighted by atomic mass is 19.4. The van der Waals surface area contributed by atoms with Crippen molar-refractivity contribution in [3.63, 3.8) is 0 Å². The van der Waals surface area contributed by atoms with Gasteiger partial charge in [-0.1, -0.05) is 12.6 Å². The molecule has 218 valence electrons. The smallest absolute Gasteiger partial charge is 0.433 e. The molecule has 0 aliphatic heterocycles. The number of imidazole rings is 1. The van der Waals surface area contributed by atoms with Gasteiger partial charge in [0, 0.05) is 42.4 Å². The van der Waals surface area contributed by atoms with Crippen molar-refractivity contribution in [3.8, 4) is 5.88 Å². The molecule has 0 atom stereocenters. The molecular formula is C30H29F3N6O3. The van der Waals surface area contributed by atoms with Crippen LogP contribution >= 0.6 is 0 Å². The fourth-order valence-corrected chi connectivity index (χ4v) is 4.22. The van der Waals surface area contributed by atoms with E-state index < -0.39 is 17.8 Å². The van der Waals surface area contributed by atoms with E-state index in [0.717, 1.165) is 11.6 Å². The van der Waals surface area contributed by atoms with Crippen LogP contribution in [-0.2, 0) is 19.0 Å². The summed E-state index contributed by atoms with van der Waals surface area (Å²) in [4.78, 5) is 32.3. The number of aliphatic hydroxyl groups is 1. The Morgan fingerprint density at radius 1 is 1.19 bits per heavy atom. The van der Waals surface area contributed by atoms with Crippen LogP contribution in [0.25, 0.3) is 16.6 Å². The third-order valence-corrected chi connectivity index (χ3v) is 6.18. The van der Waals surface area contributed by atoms with Crippen LogP contribution in [0.1, 0.15) is 45.9 Å². The maximum absolute atomic E-state index is 13.0. The number of ether oxygens (including phenoxy) is 1. The van der Waals surface area contributed by atoms with Crippen LogP contribution in [-0.4, -0.2) is 49.6 Å². The Hall–Kier alpha value is -5.00. The summed E-state index contributed by atoms with van der Waals surface area (Å²) >= 11 is 0. The molecule has 0 fully saturated rings. The molecule has 3 heterocycles. The van der Waals surface area contributed by atoms with E-state index in [1.54, 1.807) is 43.5 Å². The van der Waals surface area contributed by atoms with Crippen molar-refractivity contribution in [3.05, 3.63) is 107 Å². The number of carbonyl (C=O) groups is 1. The van der Waals surface area contributed by atoms with Crippen LogP contribution < -0.4 is 10.1 Å². The van der Waals surface area contributed by atoms with Gasteiger partial charge in [-0.15, -0.1) is 0 Å². The molecule has 4 aromatic rings. The summed E-state index contributed by atoms with van der Waals surface area (Å²) in [5.41, 5.74) is 2.50. The lowest BCUT2D eigenvalue weighted by Gasteiger charge is -2.09. The largest absolute Gasteiger partial charge is 0.508 e. The summed E-state index contributed by atoms with van der Waals surface area (Å²) in [6, 6.07) is 9.39. The minimum Gasteiger partial charge on any atom is -0.508 e. The van der Waals surface area contributed by atoms with E-state index in [-0.39, 0.29) is 30.2 Å². The van der Waals surface area contributed by atoms with Gasteiger partial charge in [-0.25, -0.2) is 19.9 Å². The van der Waals surface area contributed by atoms with Gasteiger partial charge in [-0.3, -0.25) is 4.79 Å². The molecule has 0 saturated carbocycles. The van der Waals surface area contributed by atoms with Gasteiger partial charge in [-0.2, -0.15) is 13.2 Å². The van der Waals surface area contributed by atoms with Crippen LogP contribution in [0.2, 0.25) is 0 Å². The number of aromatic amines is 1. The molecule has 12 heteroatoms. The Morgan fingerprint density at radius 3 is 2.69 bits per heavy atom. The van der Waals surface area contributed by atoms with Crippen LogP contribution in [0, 0.1) is 6.92 Å². The lowest BCUT2D eigenvalue weighted by atomic mass is 10.0. The number of aromatic nitrogens is 5.